The van der Waals surface area contributed by atoms with E-state index in [1.54, 1.807) is 6.07 Å². The van der Waals surface area contributed by atoms with E-state index < -0.39 is 0 Å². The van der Waals surface area contributed by atoms with Gasteiger partial charge in [0, 0.05) is 10.0 Å². The molecule has 2 nitrogen and oxygen atoms in total. The molecule has 0 spiro atoms. The predicted octanol–water partition coefficient (Wildman–Crippen LogP) is 3.75. The summed E-state index contributed by atoms with van der Waals surface area (Å²) in [5.74, 6) is 0. The Morgan fingerprint density at radius 1 is 1.20 bits per heavy atom. The molecular weight excluding hydrogens is 275 g/mol. The fraction of sp³-hybridized carbons (Fsp3) is 0. The molecule has 1 aromatic carbocycles. The Kier molecular flexibility index (Phi) is 2.93. The van der Waals surface area contributed by atoms with Crippen LogP contribution in [0.15, 0.2) is 40.9 Å². The molecule has 0 aliphatic rings. The number of benzene rings is 1. The van der Waals surface area contributed by atoms with E-state index in [0.29, 0.717) is 10.8 Å². The zero-order chi connectivity index (χ0) is 10.8. The molecular formula is C11H8BrClN2. The smallest absolute Gasteiger partial charge is 0.152 e. The van der Waals surface area contributed by atoms with E-state index in [4.69, 9.17) is 17.3 Å². The number of nitrogens with zero attached hydrogens (tertiary/aromatic N) is 1. The van der Waals surface area contributed by atoms with Crippen molar-refractivity contribution in [3.8, 4) is 11.3 Å². The maximum Gasteiger partial charge on any atom is 0.152 e. The number of pyridine rings is 1. The van der Waals surface area contributed by atoms with Crippen LogP contribution in [0.1, 0.15) is 0 Å². The molecule has 2 N–H and O–H groups in total. The van der Waals surface area contributed by atoms with Gasteiger partial charge in [-0.2, -0.15) is 0 Å². The minimum absolute atomic E-state index is 0.331. The predicted molar refractivity (Wildman–Crippen MR) is 66.8 cm³/mol. The molecule has 1 aromatic heterocycles. The van der Waals surface area contributed by atoms with Crippen molar-refractivity contribution in [2.45, 2.75) is 0 Å². The summed E-state index contributed by atoms with van der Waals surface area (Å²) in [7, 11) is 0. The third-order valence-electron chi connectivity index (χ3n) is 2.00. The molecule has 1 heterocycles. The average molecular weight is 284 g/mol. The summed E-state index contributed by atoms with van der Waals surface area (Å²) in [6.45, 7) is 0. The van der Waals surface area contributed by atoms with Gasteiger partial charge in [-0.05, 0) is 22.0 Å². The van der Waals surface area contributed by atoms with Crippen molar-refractivity contribution in [1.82, 2.24) is 4.98 Å². The highest BCUT2D eigenvalue weighted by Gasteiger charge is 2.08. The lowest BCUT2D eigenvalue weighted by atomic mass is 10.1. The first-order valence-electron chi connectivity index (χ1n) is 4.35. The lowest BCUT2D eigenvalue weighted by molar-refractivity contribution is 1.31. The summed E-state index contributed by atoms with van der Waals surface area (Å²) in [5.41, 5.74) is 7.92. The summed E-state index contributed by atoms with van der Waals surface area (Å²) in [6, 6.07) is 11.6. The first kappa shape index (κ1) is 10.5. The molecule has 0 unspecified atom stereocenters. The molecule has 0 amide bonds. The molecule has 0 aliphatic heterocycles. The molecule has 0 atom stereocenters. The van der Waals surface area contributed by atoms with Crippen LogP contribution in [0.5, 0.6) is 0 Å². The minimum Gasteiger partial charge on any atom is -0.396 e. The number of anilines is 1. The summed E-state index contributed by atoms with van der Waals surface area (Å²) < 4.78 is 0.843. The van der Waals surface area contributed by atoms with Gasteiger partial charge in [-0.1, -0.05) is 41.9 Å². The molecule has 2 aromatic rings. The Balaban J connectivity index is 2.59. The second kappa shape index (κ2) is 4.21. The second-order valence-electron chi connectivity index (χ2n) is 3.06. The van der Waals surface area contributed by atoms with E-state index >= 15 is 0 Å². The topological polar surface area (TPSA) is 38.9 Å². The molecule has 0 fully saturated rings. The minimum atomic E-state index is 0.331. The van der Waals surface area contributed by atoms with Crippen LogP contribution in [0.4, 0.5) is 5.69 Å². The van der Waals surface area contributed by atoms with Gasteiger partial charge < -0.3 is 5.73 Å². The van der Waals surface area contributed by atoms with E-state index in [9.17, 15) is 0 Å². The molecule has 0 saturated carbocycles. The van der Waals surface area contributed by atoms with Crippen molar-refractivity contribution < 1.29 is 0 Å². The average Bonchev–Trinajstić information content (AvgIpc) is 2.25. The van der Waals surface area contributed by atoms with Crippen LogP contribution < -0.4 is 5.73 Å². The van der Waals surface area contributed by atoms with Gasteiger partial charge in [0.1, 0.15) is 0 Å². The van der Waals surface area contributed by atoms with Gasteiger partial charge in [-0.3, -0.25) is 0 Å². The van der Waals surface area contributed by atoms with Crippen molar-refractivity contribution in [3.05, 3.63) is 46.0 Å². The maximum atomic E-state index is 5.88. The highest BCUT2D eigenvalue weighted by molar-refractivity contribution is 9.10. The summed E-state index contributed by atoms with van der Waals surface area (Å²) in [5, 5.41) is 0.331. The van der Waals surface area contributed by atoms with E-state index in [1.165, 1.54) is 0 Å². The number of hydrogen-bond acceptors (Lipinski definition) is 2. The van der Waals surface area contributed by atoms with Gasteiger partial charge in [-0.25, -0.2) is 4.98 Å². The fourth-order valence-electron chi connectivity index (χ4n) is 1.28. The van der Waals surface area contributed by atoms with Gasteiger partial charge in [0.25, 0.3) is 0 Å². The number of rotatable bonds is 1. The number of nitrogen functional groups attached to an aromatic ring is 1. The molecule has 76 valence electrons. The summed E-state index contributed by atoms with van der Waals surface area (Å²) >= 11 is 9.30. The Morgan fingerprint density at radius 2 is 1.87 bits per heavy atom. The monoisotopic (exact) mass is 282 g/mol. The van der Waals surface area contributed by atoms with Gasteiger partial charge in [0.05, 0.1) is 11.4 Å². The zero-order valence-corrected chi connectivity index (χ0v) is 10.1. The quantitative estimate of drug-likeness (QED) is 0.810. The largest absolute Gasteiger partial charge is 0.396 e. The molecule has 0 aliphatic carbocycles. The second-order valence-corrected chi connectivity index (χ2v) is 4.28. The SMILES string of the molecule is Nc1cc(Br)c(-c2ccccc2)nc1Cl. The van der Waals surface area contributed by atoms with E-state index in [-0.39, 0.29) is 0 Å². The van der Waals surface area contributed by atoms with Crippen LogP contribution in [-0.4, -0.2) is 4.98 Å². The van der Waals surface area contributed by atoms with Gasteiger partial charge >= 0.3 is 0 Å². The first-order valence-corrected chi connectivity index (χ1v) is 5.52. The summed E-state index contributed by atoms with van der Waals surface area (Å²) in [4.78, 5) is 4.24. The molecule has 0 saturated heterocycles. The lowest BCUT2D eigenvalue weighted by Crippen LogP contribution is -1.92. The number of halogens is 2. The molecule has 0 radical (unpaired) electrons. The summed E-state index contributed by atoms with van der Waals surface area (Å²) in [6.07, 6.45) is 0. The van der Waals surface area contributed by atoms with Crippen LogP contribution in [0.25, 0.3) is 11.3 Å². The van der Waals surface area contributed by atoms with E-state index in [0.717, 1.165) is 15.7 Å². The van der Waals surface area contributed by atoms with Gasteiger partial charge in [0.15, 0.2) is 5.15 Å². The highest BCUT2D eigenvalue weighted by atomic mass is 79.9. The zero-order valence-electron chi connectivity index (χ0n) is 7.74. The van der Waals surface area contributed by atoms with E-state index in [1.807, 2.05) is 30.3 Å². The van der Waals surface area contributed by atoms with Crippen molar-refractivity contribution in [2.75, 3.05) is 5.73 Å². The van der Waals surface area contributed by atoms with Crippen molar-refractivity contribution in [1.29, 1.82) is 0 Å². The Morgan fingerprint density at radius 3 is 2.53 bits per heavy atom. The van der Waals surface area contributed by atoms with Crippen LogP contribution in [0, 0.1) is 0 Å². The van der Waals surface area contributed by atoms with E-state index in [2.05, 4.69) is 20.9 Å². The van der Waals surface area contributed by atoms with Crippen LogP contribution in [-0.2, 0) is 0 Å². The third-order valence-corrected chi connectivity index (χ3v) is 2.91. The number of aromatic nitrogens is 1. The standard InChI is InChI=1S/C11H8BrClN2/c12-8-6-9(14)11(13)15-10(8)7-4-2-1-3-5-7/h1-6H,14H2. The highest BCUT2D eigenvalue weighted by Crippen LogP contribution is 2.30. The lowest BCUT2D eigenvalue weighted by Gasteiger charge is -2.06. The van der Waals surface area contributed by atoms with Crippen molar-refractivity contribution in [3.63, 3.8) is 0 Å². The molecule has 15 heavy (non-hydrogen) atoms. The number of hydrogen-bond donors (Lipinski definition) is 1. The first-order chi connectivity index (χ1) is 7.18. The fourth-order valence-corrected chi connectivity index (χ4v) is 1.98. The van der Waals surface area contributed by atoms with Crippen LogP contribution in [0.3, 0.4) is 0 Å². The Bertz CT molecular complexity index is 485. The third kappa shape index (κ3) is 2.13. The molecule has 2 rings (SSSR count). The van der Waals surface area contributed by atoms with Crippen molar-refractivity contribution in [2.24, 2.45) is 0 Å². The van der Waals surface area contributed by atoms with Crippen molar-refractivity contribution >= 4 is 33.2 Å². The normalized spacial score (nSPS) is 10.3. The molecule has 4 heteroatoms. The Hall–Kier alpha value is -1.06. The van der Waals surface area contributed by atoms with Gasteiger partial charge in [0.2, 0.25) is 0 Å². The van der Waals surface area contributed by atoms with Crippen LogP contribution in [0.2, 0.25) is 5.15 Å². The molecule has 0 bridgehead atoms. The van der Waals surface area contributed by atoms with Gasteiger partial charge in [-0.15, -0.1) is 0 Å². The Labute approximate surface area is 101 Å². The maximum absolute atomic E-state index is 5.88. The number of nitrogens with two attached hydrogens (primary N) is 1. The van der Waals surface area contributed by atoms with Crippen LogP contribution >= 0.6 is 27.5 Å².